The van der Waals surface area contributed by atoms with E-state index in [1.165, 1.54) is 0 Å². The molecule has 6 heteroatoms. The monoisotopic (exact) mass is 350 g/mol. The van der Waals surface area contributed by atoms with Gasteiger partial charge in [0.05, 0.1) is 11.8 Å². The van der Waals surface area contributed by atoms with Gasteiger partial charge in [-0.05, 0) is 56.5 Å². The molecule has 1 saturated heterocycles. The Balaban J connectivity index is 1.67. The van der Waals surface area contributed by atoms with Gasteiger partial charge in [0.2, 0.25) is 0 Å². The first-order chi connectivity index (χ1) is 12.6. The van der Waals surface area contributed by atoms with Crippen molar-refractivity contribution in [3.8, 4) is 5.69 Å². The van der Waals surface area contributed by atoms with Crippen molar-refractivity contribution in [1.82, 2.24) is 19.9 Å². The number of amides is 1. The van der Waals surface area contributed by atoms with Crippen LogP contribution in [-0.4, -0.2) is 39.7 Å². The number of rotatable bonds is 4. The van der Waals surface area contributed by atoms with E-state index in [1.807, 2.05) is 48.7 Å². The predicted octanol–water partition coefficient (Wildman–Crippen LogP) is 2.95. The van der Waals surface area contributed by atoms with Gasteiger partial charge >= 0.3 is 0 Å². The van der Waals surface area contributed by atoms with Gasteiger partial charge in [0.1, 0.15) is 11.3 Å². The van der Waals surface area contributed by atoms with E-state index in [0.29, 0.717) is 12.1 Å². The average molecular weight is 350 g/mol. The number of nitrogens with one attached hydrogen (secondary N) is 1. The molecule has 1 aliphatic rings. The number of fused-ring (bicyclic) bond motifs is 1. The SMILES string of the molecule is Cc1c(C(=O)NC[C@@H]2CCCO2)cccc1-n1c(C)nc2cccnc21. The van der Waals surface area contributed by atoms with Gasteiger partial charge in [-0.15, -0.1) is 0 Å². The number of carbonyl (C=O) groups is 1. The zero-order valence-electron chi connectivity index (χ0n) is 15.0. The van der Waals surface area contributed by atoms with Crippen LogP contribution in [0.25, 0.3) is 16.9 Å². The summed E-state index contributed by atoms with van der Waals surface area (Å²) < 4.78 is 7.58. The lowest BCUT2D eigenvalue weighted by Gasteiger charge is -2.15. The standard InChI is InChI=1S/C20H22N4O2/c1-13-16(20(25)22-12-15-6-5-11-26-15)7-3-9-18(13)24-14(2)23-17-8-4-10-21-19(17)24/h3-4,7-10,15H,5-6,11-12H2,1-2H3,(H,22,25)/t15-/m0/s1. The zero-order valence-corrected chi connectivity index (χ0v) is 15.0. The van der Waals surface area contributed by atoms with E-state index >= 15 is 0 Å². The summed E-state index contributed by atoms with van der Waals surface area (Å²) in [5.74, 6) is 0.772. The Hall–Kier alpha value is -2.73. The van der Waals surface area contributed by atoms with Gasteiger partial charge in [-0.1, -0.05) is 6.07 Å². The summed E-state index contributed by atoms with van der Waals surface area (Å²) in [5.41, 5.74) is 4.14. The third-order valence-corrected chi connectivity index (χ3v) is 4.89. The van der Waals surface area contributed by atoms with E-state index < -0.39 is 0 Å². The maximum absolute atomic E-state index is 12.7. The molecule has 1 aliphatic heterocycles. The minimum atomic E-state index is -0.0742. The molecule has 134 valence electrons. The molecular formula is C20H22N4O2. The maximum Gasteiger partial charge on any atom is 0.251 e. The van der Waals surface area contributed by atoms with Crippen molar-refractivity contribution in [1.29, 1.82) is 0 Å². The number of carbonyl (C=O) groups excluding carboxylic acids is 1. The number of hydrogen-bond donors (Lipinski definition) is 1. The van der Waals surface area contributed by atoms with Gasteiger partial charge in [0, 0.05) is 24.9 Å². The van der Waals surface area contributed by atoms with E-state index in [-0.39, 0.29) is 12.0 Å². The van der Waals surface area contributed by atoms with Crippen LogP contribution in [0.3, 0.4) is 0 Å². The highest BCUT2D eigenvalue weighted by molar-refractivity contribution is 5.96. The lowest BCUT2D eigenvalue weighted by molar-refractivity contribution is 0.0857. The maximum atomic E-state index is 12.7. The number of pyridine rings is 1. The van der Waals surface area contributed by atoms with Crippen molar-refractivity contribution in [3.05, 3.63) is 53.5 Å². The Morgan fingerprint density at radius 1 is 1.31 bits per heavy atom. The fourth-order valence-corrected chi connectivity index (χ4v) is 3.53. The van der Waals surface area contributed by atoms with Crippen molar-refractivity contribution in [2.24, 2.45) is 0 Å². The number of nitrogens with zero attached hydrogens (tertiary/aromatic N) is 3. The summed E-state index contributed by atoms with van der Waals surface area (Å²) in [6.45, 7) is 5.25. The Kier molecular flexibility index (Phi) is 4.42. The molecule has 0 radical (unpaired) electrons. The highest BCUT2D eigenvalue weighted by Crippen LogP contribution is 2.24. The number of imidazole rings is 1. The molecular weight excluding hydrogens is 328 g/mol. The number of benzene rings is 1. The number of aromatic nitrogens is 3. The van der Waals surface area contributed by atoms with E-state index in [1.54, 1.807) is 6.20 Å². The first-order valence-electron chi connectivity index (χ1n) is 8.95. The molecule has 2 aromatic heterocycles. The normalized spacial score (nSPS) is 16.9. The van der Waals surface area contributed by atoms with Crippen LogP contribution < -0.4 is 5.32 Å². The molecule has 3 heterocycles. The van der Waals surface area contributed by atoms with E-state index in [4.69, 9.17) is 4.74 Å². The van der Waals surface area contributed by atoms with Gasteiger partial charge in [0.25, 0.3) is 5.91 Å². The largest absolute Gasteiger partial charge is 0.376 e. The summed E-state index contributed by atoms with van der Waals surface area (Å²) in [6.07, 6.45) is 3.96. The van der Waals surface area contributed by atoms with Crippen LogP contribution in [0.2, 0.25) is 0 Å². The van der Waals surface area contributed by atoms with Gasteiger partial charge in [-0.25, -0.2) is 9.97 Å². The van der Waals surface area contributed by atoms with Crippen molar-refractivity contribution >= 4 is 17.1 Å². The molecule has 1 N–H and O–H groups in total. The second-order valence-corrected chi connectivity index (χ2v) is 6.64. The summed E-state index contributed by atoms with van der Waals surface area (Å²) >= 11 is 0. The second kappa shape index (κ2) is 6.88. The molecule has 4 rings (SSSR count). The molecule has 1 fully saturated rings. The summed E-state index contributed by atoms with van der Waals surface area (Å²) in [7, 11) is 0. The fourth-order valence-electron chi connectivity index (χ4n) is 3.53. The lowest BCUT2D eigenvalue weighted by Crippen LogP contribution is -2.32. The van der Waals surface area contributed by atoms with Crippen LogP contribution in [0.1, 0.15) is 34.6 Å². The first kappa shape index (κ1) is 16.7. The molecule has 3 aromatic rings. The number of ether oxygens (including phenoxy) is 1. The smallest absolute Gasteiger partial charge is 0.251 e. The molecule has 1 amide bonds. The first-order valence-corrected chi connectivity index (χ1v) is 8.95. The molecule has 0 saturated carbocycles. The van der Waals surface area contributed by atoms with Crippen LogP contribution in [0.4, 0.5) is 0 Å². The Morgan fingerprint density at radius 2 is 2.19 bits per heavy atom. The van der Waals surface area contributed by atoms with Crippen LogP contribution in [0, 0.1) is 13.8 Å². The summed E-state index contributed by atoms with van der Waals surface area (Å²) in [5, 5.41) is 3.00. The third-order valence-electron chi connectivity index (χ3n) is 4.89. The molecule has 6 nitrogen and oxygen atoms in total. The molecule has 0 aliphatic carbocycles. The van der Waals surface area contributed by atoms with Crippen molar-refractivity contribution in [3.63, 3.8) is 0 Å². The average Bonchev–Trinajstić information content (AvgIpc) is 3.27. The van der Waals surface area contributed by atoms with Gasteiger partial charge in [-0.2, -0.15) is 0 Å². The molecule has 0 unspecified atom stereocenters. The van der Waals surface area contributed by atoms with Crippen molar-refractivity contribution in [2.45, 2.75) is 32.8 Å². The molecule has 0 bridgehead atoms. The minimum Gasteiger partial charge on any atom is -0.376 e. The molecule has 0 spiro atoms. The van der Waals surface area contributed by atoms with Gasteiger partial charge in [-0.3, -0.25) is 9.36 Å². The Labute approximate surface area is 152 Å². The third kappa shape index (κ3) is 2.97. The van der Waals surface area contributed by atoms with Crippen LogP contribution in [0.15, 0.2) is 36.5 Å². The van der Waals surface area contributed by atoms with E-state index in [0.717, 1.165) is 47.7 Å². The summed E-state index contributed by atoms with van der Waals surface area (Å²) in [6, 6.07) is 9.57. The molecule has 26 heavy (non-hydrogen) atoms. The van der Waals surface area contributed by atoms with Gasteiger partial charge in [0.15, 0.2) is 5.65 Å². The molecule has 1 aromatic carbocycles. The topological polar surface area (TPSA) is 69.0 Å². The summed E-state index contributed by atoms with van der Waals surface area (Å²) in [4.78, 5) is 21.7. The quantitative estimate of drug-likeness (QED) is 0.785. The van der Waals surface area contributed by atoms with E-state index in [9.17, 15) is 4.79 Å². The highest BCUT2D eigenvalue weighted by atomic mass is 16.5. The van der Waals surface area contributed by atoms with Crippen LogP contribution in [0.5, 0.6) is 0 Å². The second-order valence-electron chi connectivity index (χ2n) is 6.64. The van der Waals surface area contributed by atoms with E-state index in [2.05, 4.69) is 15.3 Å². The van der Waals surface area contributed by atoms with Crippen LogP contribution >= 0.6 is 0 Å². The van der Waals surface area contributed by atoms with Crippen molar-refractivity contribution < 1.29 is 9.53 Å². The lowest BCUT2D eigenvalue weighted by atomic mass is 10.1. The minimum absolute atomic E-state index is 0.0742. The Morgan fingerprint density at radius 3 is 3.00 bits per heavy atom. The Bertz CT molecular complexity index is 958. The fraction of sp³-hybridized carbons (Fsp3) is 0.350. The van der Waals surface area contributed by atoms with Crippen molar-refractivity contribution in [2.75, 3.05) is 13.2 Å². The van der Waals surface area contributed by atoms with Gasteiger partial charge < -0.3 is 10.1 Å². The number of aryl methyl sites for hydroxylation is 1. The predicted molar refractivity (Wildman–Crippen MR) is 99.6 cm³/mol. The van der Waals surface area contributed by atoms with Crippen LogP contribution in [-0.2, 0) is 4.74 Å². The molecule has 1 atom stereocenters. The highest BCUT2D eigenvalue weighted by Gasteiger charge is 2.19. The number of hydrogen-bond acceptors (Lipinski definition) is 4. The zero-order chi connectivity index (χ0) is 18.1.